The second-order valence-corrected chi connectivity index (χ2v) is 15.3. The maximum atomic E-state index is 13.1. The lowest BCUT2D eigenvalue weighted by Crippen LogP contribution is -2.46. The van der Waals surface area contributed by atoms with Crippen molar-refractivity contribution >= 4 is 11.9 Å². The van der Waals surface area contributed by atoms with E-state index in [-0.39, 0.29) is 24.9 Å². The smallest absolute Gasteiger partial charge is 0.306 e. The molecule has 3 N–H and O–H groups in total. The second kappa shape index (κ2) is 45.3. The Labute approximate surface area is 361 Å². The molecule has 0 aromatic rings. The Balaban J connectivity index is 4.78. The SMILES string of the molecule is CC/C=C/C=C/C=C\C=C/C=C/CCCCCC(=O)OC(C/C=C/C=C\C=C/C=C/C=C/CC)CC(=O)NC(CO)C(O)CCCCCCCCCCCCCCCC. The highest BCUT2D eigenvalue weighted by atomic mass is 16.5. The third kappa shape index (κ3) is 40.8. The average Bonchev–Trinajstić information content (AvgIpc) is 3.23. The van der Waals surface area contributed by atoms with Gasteiger partial charge < -0.3 is 20.3 Å². The molecule has 0 radical (unpaired) electrons. The molecule has 0 aliphatic carbocycles. The zero-order valence-electron chi connectivity index (χ0n) is 37.6. The number of esters is 1. The van der Waals surface area contributed by atoms with Crippen LogP contribution in [0.1, 0.15) is 175 Å². The van der Waals surface area contributed by atoms with Gasteiger partial charge in [0.05, 0.1) is 25.2 Å². The Bertz CT molecular complexity index is 1280. The maximum absolute atomic E-state index is 13.1. The summed E-state index contributed by atoms with van der Waals surface area (Å²) in [5, 5.41) is 23.6. The number of unbranched alkanes of at least 4 members (excludes halogenated alkanes) is 16. The average molecular weight is 816 g/mol. The highest BCUT2D eigenvalue weighted by Gasteiger charge is 2.23. The molecule has 0 aromatic carbocycles. The van der Waals surface area contributed by atoms with E-state index in [9.17, 15) is 19.8 Å². The van der Waals surface area contributed by atoms with Gasteiger partial charge in [0, 0.05) is 12.8 Å². The van der Waals surface area contributed by atoms with E-state index in [1.54, 1.807) is 0 Å². The lowest BCUT2D eigenvalue weighted by Gasteiger charge is -2.24. The maximum Gasteiger partial charge on any atom is 0.306 e. The highest BCUT2D eigenvalue weighted by Crippen LogP contribution is 2.15. The minimum Gasteiger partial charge on any atom is -0.461 e. The first kappa shape index (κ1) is 55.3. The number of aliphatic hydroxyl groups is 2. The van der Waals surface area contributed by atoms with Gasteiger partial charge in [0.25, 0.3) is 0 Å². The molecule has 0 saturated heterocycles. The molecular weight excluding hydrogens is 731 g/mol. The summed E-state index contributed by atoms with van der Waals surface area (Å²) in [6, 6.07) is -0.756. The van der Waals surface area contributed by atoms with Crippen molar-refractivity contribution in [3.8, 4) is 0 Å². The number of ether oxygens (including phenoxy) is 1. The van der Waals surface area contributed by atoms with Gasteiger partial charge in [0.15, 0.2) is 0 Å². The summed E-state index contributed by atoms with van der Waals surface area (Å²) in [5.41, 5.74) is 0. The van der Waals surface area contributed by atoms with Crippen LogP contribution in [0.25, 0.3) is 0 Å². The minimum atomic E-state index is -0.832. The number of carbonyl (C=O) groups excluding carboxylic acids is 2. The number of amides is 1. The molecule has 59 heavy (non-hydrogen) atoms. The van der Waals surface area contributed by atoms with E-state index in [2.05, 4.69) is 44.3 Å². The van der Waals surface area contributed by atoms with Crippen molar-refractivity contribution in [1.29, 1.82) is 0 Å². The van der Waals surface area contributed by atoms with Gasteiger partial charge in [-0.25, -0.2) is 0 Å². The number of hydrogen-bond acceptors (Lipinski definition) is 5. The molecule has 0 saturated carbocycles. The van der Waals surface area contributed by atoms with E-state index in [0.717, 1.165) is 51.4 Å². The molecule has 3 atom stereocenters. The molecular formula is C53H85NO5. The molecule has 0 aliphatic rings. The molecule has 0 spiro atoms. The van der Waals surface area contributed by atoms with Crippen molar-refractivity contribution in [2.75, 3.05) is 6.61 Å². The van der Waals surface area contributed by atoms with E-state index in [0.29, 0.717) is 25.7 Å². The molecule has 0 bridgehead atoms. The summed E-state index contributed by atoms with van der Waals surface area (Å²) in [4.78, 5) is 26.0. The van der Waals surface area contributed by atoms with Gasteiger partial charge in [-0.05, 0) is 38.5 Å². The molecule has 0 aliphatic heterocycles. The zero-order valence-corrected chi connectivity index (χ0v) is 37.6. The Morgan fingerprint density at radius 3 is 1.42 bits per heavy atom. The highest BCUT2D eigenvalue weighted by molar-refractivity contribution is 5.77. The van der Waals surface area contributed by atoms with Crippen molar-refractivity contribution in [1.82, 2.24) is 5.32 Å². The van der Waals surface area contributed by atoms with Crippen LogP contribution >= 0.6 is 0 Å². The molecule has 0 fully saturated rings. The molecule has 0 aromatic heterocycles. The lowest BCUT2D eigenvalue weighted by molar-refractivity contribution is -0.150. The van der Waals surface area contributed by atoms with Crippen LogP contribution in [0.15, 0.2) is 122 Å². The van der Waals surface area contributed by atoms with Gasteiger partial charge in [-0.3, -0.25) is 9.59 Å². The van der Waals surface area contributed by atoms with Crippen LogP contribution in [0.3, 0.4) is 0 Å². The van der Waals surface area contributed by atoms with E-state index in [4.69, 9.17) is 4.74 Å². The quantitative estimate of drug-likeness (QED) is 0.0326. The van der Waals surface area contributed by atoms with Crippen molar-refractivity contribution in [3.05, 3.63) is 122 Å². The van der Waals surface area contributed by atoms with E-state index in [1.807, 2.05) is 103 Å². The fourth-order valence-corrected chi connectivity index (χ4v) is 6.29. The standard InChI is InChI=1S/C53H85NO5/c1-4-7-10-13-16-19-22-24-26-28-31-34-37-40-43-46-53(58)59-49(44-41-38-35-32-29-21-18-15-12-9-6-3)47-52(57)54-50(48-55)51(56)45-42-39-36-33-30-27-25-23-20-17-14-11-8-5-2/h7,9-10,12-13,15-16,18-19,21-22,24,26,28-29,31-32,35,38,41,49-51,55-56H,4-6,8,11,14,17,20,23,25,27,30,33-34,36-37,39-40,42-48H2,1-3H3,(H,54,57)/b10-7+,12-9+,16-13+,18-15+,22-19-,26-24-,29-21-,31-28+,35-32-,41-38+. The summed E-state index contributed by atoms with van der Waals surface area (Å²) in [5.74, 6) is -0.672. The first-order valence-electron chi connectivity index (χ1n) is 23.4. The van der Waals surface area contributed by atoms with Crippen molar-refractivity contribution in [2.45, 2.75) is 193 Å². The number of nitrogens with one attached hydrogen (secondary N) is 1. The molecule has 3 unspecified atom stereocenters. The molecule has 1 amide bonds. The Hall–Kier alpha value is -3.74. The first-order chi connectivity index (χ1) is 29.0. The minimum absolute atomic E-state index is 0.0441. The monoisotopic (exact) mass is 816 g/mol. The summed E-state index contributed by atoms with van der Waals surface area (Å²) >= 11 is 0. The van der Waals surface area contributed by atoms with Crippen LogP contribution in [-0.2, 0) is 14.3 Å². The van der Waals surface area contributed by atoms with Crippen LogP contribution < -0.4 is 5.32 Å². The largest absolute Gasteiger partial charge is 0.461 e. The fraction of sp³-hybridized carbons (Fsp3) is 0.585. The topological polar surface area (TPSA) is 95.9 Å². The van der Waals surface area contributed by atoms with Crippen molar-refractivity contribution in [3.63, 3.8) is 0 Å². The number of carbonyl (C=O) groups is 2. The summed E-state index contributed by atoms with van der Waals surface area (Å²) in [6.07, 6.45) is 62.8. The second-order valence-electron chi connectivity index (χ2n) is 15.3. The Kier molecular flexibility index (Phi) is 42.5. The van der Waals surface area contributed by atoms with Gasteiger partial charge in [0.1, 0.15) is 6.10 Å². The Morgan fingerprint density at radius 1 is 0.525 bits per heavy atom. The summed E-state index contributed by atoms with van der Waals surface area (Å²) < 4.78 is 5.80. The number of allylic oxidation sites excluding steroid dienone is 19. The predicted molar refractivity (Wildman–Crippen MR) is 254 cm³/mol. The molecule has 332 valence electrons. The van der Waals surface area contributed by atoms with Crippen LogP contribution in [0.4, 0.5) is 0 Å². The van der Waals surface area contributed by atoms with Crippen LogP contribution in [0.5, 0.6) is 0 Å². The van der Waals surface area contributed by atoms with Crippen molar-refractivity contribution < 1.29 is 24.5 Å². The Morgan fingerprint density at radius 2 is 0.949 bits per heavy atom. The zero-order chi connectivity index (χ0) is 43.1. The summed E-state index contributed by atoms with van der Waals surface area (Å²) in [6.45, 7) is 6.12. The van der Waals surface area contributed by atoms with Crippen LogP contribution in [-0.4, -0.2) is 46.9 Å². The van der Waals surface area contributed by atoms with Crippen molar-refractivity contribution in [2.24, 2.45) is 0 Å². The molecule has 0 rings (SSSR count). The first-order valence-corrected chi connectivity index (χ1v) is 23.4. The van der Waals surface area contributed by atoms with E-state index < -0.39 is 18.2 Å². The van der Waals surface area contributed by atoms with E-state index >= 15 is 0 Å². The predicted octanol–water partition coefficient (Wildman–Crippen LogP) is 13.7. The third-order valence-corrected chi connectivity index (χ3v) is 9.79. The number of aliphatic hydroxyl groups excluding tert-OH is 2. The van der Waals surface area contributed by atoms with Gasteiger partial charge in [-0.2, -0.15) is 0 Å². The van der Waals surface area contributed by atoms with Crippen LogP contribution in [0, 0.1) is 0 Å². The molecule has 6 heteroatoms. The fourth-order valence-electron chi connectivity index (χ4n) is 6.29. The molecule has 0 heterocycles. The van der Waals surface area contributed by atoms with E-state index in [1.165, 1.54) is 70.6 Å². The van der Waals surface area contributed by atoms with Gasteiger partial charge in [-0.15, -0.1) is 0 Å². The van der Waals surface area contributed by atoms with Gasteiger partial charge in [0.2, 0.25) is 5.91 Å². The normalized spacial score (nSPS) is 14.5. The van der Waals surface area contributed by atoms with Crippen LogP contribution in [0.2, 0.25) is 0 Å². The summed E-state index contributed by atoms with van der Waals surface area (Å²) in [7, 11) is 0. The van der Waals surface area contributed by atoms with Gasteiger partial charge in [-0.1, -0.05) is 239 Å². The molecule has 6 nitrogen and oxygen atoms in total. The third-order valence-electron chi connectivity index (χ3n) is 9.79. The lowest BCUT2D eigenvalue weighted by atomic mass is 10.0. The number of hydrogen-bond donors (Lipinski definition) is 3. The van der Waals surface area contributed by atoms with Gasteiger partial charge >= 0.3 is 5.97 Å². The number of rotatable bonds is 39.